The second kappa shape index (κ2) is 5.62. The van der Waals surface area contributed by atoms with E-state index in [1.54, 1.807) is 12.3 Å². The van der Waals surface area contributed by atoms with Crippen molar-refractivity contribution in [2.24, 2.45) is 0 Å². The van der Waals surface area contributed by atoms with Gasteiger partial charge in [-0.05, 0) is 39.3 Å². The van der Waals surface area contributed by atoms with Crippen molar-refractivity contribution >= 4 is 27.9 Å². The topological polar surface area (TPSA) is 83.8 Å². The molecule has 0 fully saturated rings. The predicted octanol–water partition coefficient (Wildman–Crippen LogP) is 3.45. The van der Waals surface area contributed by atoms with Crippen molar-refractivity contribution in [1.82, 2.24) is 4.57 Å². The zero-order chi connectivity index (χ0) is 15.7. The molecular weight excluding hydrogens is 284 g/mol. The number of hydrogen-bond donors (Lipinski definition) is 2. The molecule has 5 nitrogen and oxygen atoms in total. The monoisotopic (exact) mass is 302 g/mol. The number of nitrogens with one attached hydrogen (secondary N) is 1. The van der Waals surface area contributed by atoms with Gasteiger partial charge in [-0.1, -0.05) is 0 Å². The third kappa shape index (κ3) is 2.78. The van der Waals surface area contributed by atoms with Gasteiger partial charge in [-0.2, -0.15) is 5.26 Å². The van der Waals surface area contributed by atoms with Crippen LogP contribution in [0.1, 0.15) is 46.4 Å². The molecule has 0 aliphatic heterocycles. The molecule has 2 aromatic rings. The van der Waals surface area contributed by atoms with E-state index >= 15 is 0 Å². The first-order chi connectivity index (χ1) is 9.85. The van der Waals surface area contributed by atoms with Gasteiger partial charge in [-0.25, -0.2) is 0 Å². The molecule has 110 valence electrons. The minimum Gasteiger partial charge on any atom is -0.397 e. The molecule has 0 aliphatic rings. The van der Waals surface area contributed by atoms with Crippen LogP contribution in [0.4, 0.5) is 10.7 Å². The number of thiophene rings is 1. The molecular formula is C15H18N4OS. The van der Waals surface area contributed by atoms with Crippen LogP contribution in [0.15, 0.2) is 12.3 Å². The van der Waals surface area contributed by atoms with Crippen molar-refractivity contribution in [3.05, 3.63) is 34.0 Å². The van der Waals surface area contributed by atoms with Crippen molar-refractivity contribution in [2.45, 2.75) is 33.7 Å². The second-order valence-corrected chi connectivity index (χ2v) is 6.44. The smallest absolute Gasteiger partial charge is 0.273 e. The first-order valence-corrected chi connectivity index (χ1v) is 7.45. The van der Waals surface area contributed by atoms with Crippen molar-refractivity contribution in [3.63, 3.8) is 0 Å². The largest absolute Gasteiger partial charge is 0.397 e. The van der Waals surface area contributed by atoms with Crippen LogP contribution in [-0.4, -0.2) is 10.5 Å². The number of nitriles is 1. The highest BCUT2D eigenvalue weighted by Crippen LogP contribution is 2.32. The molecule has 0 aromatic carbocycles. The Balaban J connectivity index is 2.35. The van der Waals surface area contributed by atoms with Crippen molar-refractivity contribution < 1.29 is 4.79 Å². The number of carbonyl (C=O) groups excluding carboxylic acids is 1. The Hall–Kier alpha value is -2.26. The van der Waals surface area contributed by atoms with Crippen LogP contribution < -0.4 is 11.1 Å². The van der Waals surface area contributed by atoms with Gasteiger partial charge in [0.05, 0.1) is 11.3 Å². The highest BCUT2D eigenvalue weighted by molar-refractivity contribution is 7.16. The molecule has 0 aliphatic carbocycles. The summed E-state index contributed by atoms with van der Waals surface area (Å²) >= 11 is 1.41. The fraction of sp³-hybridized carbons (Fsp3) is 0.333. The summed E-state index contributed by atoms with van der Waals surface area (Å²) in [6.07, 6.45) is 1.75. The normalized spacial score (nSPS) is 10.7. The number of amides is 1. The summed E-state index contributed by atoms with van der Waals surface area (Å²) in [5, 5.41) is 12.6. The third-order valence-corrected chi connectivity index (χ3v) is 4.51. The summed E-state index contributed by atoms with van der Waals surface area (Å²) in [4.78, 5) is 13.5. The van der Waals surface area contributed by atoms with E-state index in [9.17, 15) is 10.1 Å². The molecule has 0 atom stereocenters. The van der Waals surface area contributed by atoms with Crippen LogP contribution in [0.3, 0.4) is 0 Å². The lowest BCUT2D eigenvalue weighted by molar-refractivity contribution is 0.101. The molecule has 0 bridgehead atoms. The number of rotatable bonds is 3. The first-order valence-electron chi connectivity index (χ1n) is 6.64. The highest BCUT2D eigenvalue weighted by Gasteiger charge is 2.19. The summed E-state index contributed by atoms with van der Waals surface area (Å²) in [6.45, 7) is 7.78. The summed E-state index contributed by atoms with van der Waals surface area (Å²) in [5.74, 6) is -0.252. The maximum atomic E-state index is 12.5. The van der Waals surface area contributed by atoms with Gasteiger partial charge in [0, 0.05) is 17.1 Å². The van der Waals surface area contributed by atoms with E-state index in [0.717, 1.165) is 10.4 Å². The Morgan fingerprint density at radius 1 is 1.48 bits per heavy atom. The van der Waals surface area contributed by atoms with Crippen LogP contribution >= 0.6 is 11.3 Å². The van der Waals surface area contributed by atoms with E-state index in [-0.39, 0.29) is 11.9 Å². The van der Waals surface area contributed by atoms with Gasteiger partial charge in [0.25, 0.3) is 5.91 Å². The van der Waals surface area contributed by atoms with Crippen molar-refractivity contribution in [1.29, 1.82) is 5.26 Å². The van der Waals surface area contributed by atoms with E-state index in [0.29, 0.717) is 21.9 Å². The number of anilines is 2. The van der Waals surface area contributed by atoms with E-state index in [1.165, 1.54) is 11.3 Å². The Labute approximate surface area is 128 Å². The van der Waals surface area contributed by atoms with Crippen LogP contribution in [0.2, 0.25) is 0 Å². The van der Waals surface area contributed by atoms with Gasteiger partial charge >= 0.3 is 0 Å². The quantitative estimate of drug-likeness (QED) is 0.910. The van der Waals surface area contributed by atoms with E-state index < -0.39 is 0 Å². The summed E-state index contributed by atoms with van der Waals surface area (Å²) in [7, 11) is 0. The summed E-state index contributed by atoms with van der Waals surface area (Å²) in [6, 6.07) is 3.93. The van der Waals surface area contributed by atoms with Gasteiger partial charge in [0.15, 0.2) is 0 Å². The van der Waals surface area contributed by atoms with E-state index in [2.05, 4.69) is 11.4 Å². The lowest BCUT2D eigenvalue weighted by atomic mass is 10.2. The number of nitrogens with zero attached hydrogens (tertiary/aromatic N) is 2. The number of hydrogen-bond acceptors (Lipinski definition) is 4. The number of aryl methyl sites for hydroxylation is 1. The molecule has 6 heteroatoms. The molecule has 0 spiro atoms. The van der Waals surface area contributed by atoms with Crippen LogP contribution in [0.5, 0.6) is 0 Å². The molecule has 1 amide bonds. The van der Waals surface area contributed by atoms with Crippen molar-refractivity contribution in [3.8, 4) is 6.07 Å². The molecule has 0 unspecified atom stereocenters. The van der Waals surface area contributed by atoms with Crippen LogP contribution in [0.25, 0.3) is 0 Å². The van der Waals surface area contributed by atoms with Crippen LogP contribution in [0, 0.1) is 25.2 Å². The number of aromatic nitrogens is 1. The molecule has 3 N–H and O–H groups in total. The van der Waals surface area contributed by atoms with Gasteiger partial charge in [0.2, 0.25) is 0 Å². The standard InChI is InChI=1S/C15H18N4OS/c1-8(2)19-7-11(17)5-13(19)14(20)18-15-12(6-16)9(3)10(4)21-15/h5,7-8H,17H2,1-4H3,(H,18,20). The van der Waals surface area contributed by atoms with Crippen LogP contribution in [-0.2, 0) is 0 Å². The van der Waals surface area contributed by atoms with Gasteiger partial charge in [-0.15, -0.1) is 11.3 Å². The zero-order valence-corrected chi connectivity index (χ0v) is 13.3. The van der Waals surface area contributed by atoms with E-state index in [1.807, 2.05) is 32.3 Å². The Morgan fingerprint density at radius 2 is 2.14 bits per heavy atom. The number of carbonyl (C=O) groups is 1. The SMILES string of the molecule is Cc1sc(NC(=O)c2cc(N)cn2C(C)C)c(C#N)c1C. The highest BCUT2D eigenvalue weighted by atomic mass is 32.1. The predicted molar refractivity (Wildman–Crippen MR) is 85.7 cm³/mol. The van der Waals surface area contributed by atoms with Gasteiger partial charge in [0.1, 0.15) is 16.8 Å². The number of nitrogens with two attached hydrogens (primary N) is 1. The Bertz CT molecular complexity index is 734. The molecule has 21 heavy (non-hydrogen) atoms. The minimum atomic E-state index is -0.252. The molecule has 2 aromatic heterocycles. The lowest BCUT2D eigenvalue weighted by Gasteiger charge is -2.12. The molecule has 0 saturated carbocycles. The average molecular weight is 302 g/mol. The summed E-state index contributed by atoms with van der Waals surface area (Å²) < 4.78 is 1.82. The maximum Gasteiger partial charge on any atom is 0.273 e. The van der Waals surface area contributed by atoms with Gasteiger partial charge in [-0.3, -0.25) is 4.79 Å². The zero-order valence-electron chi connectivity index (χ0n) is 12.5. The average Bonchev–Trinajstić information content (AvgIpc) is 2.92. The molecule has 0 radical (unpaired) electrons. The fourth-order valence-electron chi connectivity index (χ4n) is 2.13. The van der Waals surface area contributed by atoms with Crippen molar-refractivity contribution in [2.75, 3.05) is 11.1 Å². The van der Waals surface area contributed by atoms with E-state index in [4.69, 9.17) is 5.73 Å². The second-order valence-electron chi connectivity index (χ2n) is 5.21. The van der Waals surface area contributed by atoms with Gasteiger partial charge < -0.3 is 15.6 Å². The Morgan fingerprint density at radius 3 is 2.71 bits per heavy atom. The maximum absolute atomic E-state index is 12.5. The molecule has 2 heterocycles. The first kappa shape index (κ1) is 15.1. The third-order valence-electron chi connectivity index (χ3n) is 3.38. The fourth-order valence-corrected chi connectivity index (χ4v) is 3.13. The molecule has 0 saturated heterocycles. The minimum absolute atomic E-state index is 0.130. The lowest BCUT2D eigenvalue weighted by Crippen LogP contribution is -2.17. The molecule has 2 rings (SSSR count). The Kier molecular flexibility index (Phi) is 4.05. The summed E-state index contributed by atoms with van der Waals surface area (Å²) in [5.41, 5.74) is 8.27. The number of nitrogen functional groups attached to an aromatic ring is 1.